The fourth-order valence-electron chi connectivity index (χ4n) is 0.698. The Morgan fingerprint density at radius 3 is 2.60 bits per heavy atom. The molecule has 56 valence electrons. The van der Waals surface area contributed by atoms with E-state index in [9.17, 15) is 0 Å². The van der Waals surface area contributed by atoms with Gasteiger partial charge in [-0.2, -0.15) is 5.26 Å². The van der Waals surface area contributed by atoms with Gasteiger partial charge in [0.2, 0.25) is 0 Å². The van der Waals surface area contributed by atoms with Crippen LogP contribution < -0.4 is 0 Å². The lowest BCUT2D eigenvalue weighted by Gasteiger charge is -1.94. The first-order chi connectivity index (χ1) is 4.77. The van der Waals surface area contributed by atoms with Gasteiger partial charge in [0.05, 0.1) is 6.07 Å². The first-order valence-electron chi connectivity index (χ1n) is 3.47. The fraction of sp³-hybridized carbons (Fsp3) is 0.625. The molecule has 0 radical (unpaired) electrons. The van der Waals surface area contributed by atoms with Crippen LogP contribution in [0.2, 0.25) is 0 Å². The standard InChI is InChI=1S/C8H12ClN/c1-8(9)6-4-2-3-5-7-10/h1-6H2. The van der Waals surface area contributed by atoms with Gasteiger partial charge >= 0.3 is 0 Å². The quantitative estimate of drug-likeness (QED) is 0.563. The van der Waals surface area contributed by atoms with E-state index in [-0.39, 0.29) is 0 Å². The van der Waals surface area contributed by atoms with Gasteiger partial charge in [0, 0.05) is 11.5 Å². The van der Waals surface area contributed by atoms with Crippen molar-refractivity contribution in [2.75, 3.05) is 0 Å². The van der Waals surface area contributed by atoms with Crippen LogP contribution >= 0.6 is 11.6 Å². The Balaban J connectivity index is 2.92. The third kappa shape index (κ3) is 7.52. The molecule has 0 aromatic rings. The monoisotopic (exact) mass is 157 g/mol. The number of halogens is 1. The van der Waals surface area contributed by atoms with E-state index in [2.05, 4.69) is 12.6 Å². The van der Waals surface area contributed by atoms with Crippen LogP contribution in [-0.4, -0.2) is 0 Å². The Labute approximate surface area is 67.3 Å². The normalized spacial score (nSPS) is 8.80. The largest absolute Gasteiger partial charge is 0.198 e. The molecule has 1 nitrogen and oxygen atoms in total. The zero-order valence-electron chi connectivity index (χ0n) is 6.07. The summed E-state index contributed by atoms with van der Waals surface area (Å²) in [6.07, 6.45) is 4.67. The van der Waals surface area contributed by atoms with Crippen LogP contribution in [-0.2, 0) is 0 Å². The number of nitrogens with zero attached hydrogens (tertiary/aromatic N) is 1. The number of unbranched alkanes of at least 4 members (excludes halogenated alkanes) is 3. The van der Waals surface area contributed by atoms with E-state index in [1.807, 2.05) is 0 Å². The maximum Gasteiger partial charge on any atom is 0.0621 e. The molecule has 0 aliphatic rings. The Morgan fingerprint density at radius 1 is 1.40 bits per heavy atom. The van der Waals surface area contributed by atoms with Crippen molar-refractivity contribution in [2.24, 2.45) is 0 Å². The first-order valence-corrected chi connectivity index (χ1v) is 3.85. The highest BCUT2D eigenvalue weighted by molar-refractivity contribution is 6.29. The molecule has 0 aliphatic heterocycles. The van der Waals surface area contributed by atoms with Crippen molar-refractivity contribution >= 4 is 11.6 Å². The zero-order chi connectivity index (χ0) is 7.82. The molecule has 0 atom stereocenters. The van der Waals surface area contributed by atoms with E-state index in [0.717, 1.165) is 30.7 Å². The predicted molar refractivity (Wildman–Crippen MR) is 43.7 cm³/mol. The topological polar surface area (TPSA) is 23.8 Å². The van der Waals surface area contributed by atoms with Crippen LogP contribution in [0.15, 0.2) is 11.6 Å². The summed E-state index contributed by atoms with van der Waals surface area (Å²) < 4.78 is 0. The van der Waals surface area contributed by atoms with Crippen LogP contribution in [0.4, 0.5) is 0 Å². The Morgan fingerprint density at radius 2 is 2.10 bits per heavy atom. The van der Waals surface area contributed by atoms with Crippen LogP contribution in [0, 0.1) is 11.3 Å². The Hall–Kier alpha value is -0.480. The molecular weight excluding hydrogens is 146 g/mol. The second-order valence-electron chi connectivity index (χ2n) is 2.24. The predicted octanol–water partition coefficient (Wildman–Crippen LogP) is 3.21. The van der Waals surface area contributed by atoms with Gasteiger partial charge in [0.25, 0.3) is 0 Å². The van der Waals surface area contributed by atoms with Crippen LogP contribution in [0.5, 0.6) is 0 Å². The SMILES string of the molecule is C=C(Cl)CCCCCC#N. The molecule has 0 fully saturated rings. The highest BCUT2D eigenvalue weighted by atomic mass is 35.5. The average Bonchev–Trinajstić information content (AvgIpc) is 1.87. The van der Waals surface area contributed by atoms with E-state index < -0.39 is 0 Å². The smallest absolute Gasteiger partial charge is 0.0621 e. The molecule has 0 aromatic heterocycles. The molecule has 2 heteroatoms. The van der Waals surface area contributed by atoms with E-state index in [0.29, 0.717) is 6.42 Å². The summed E-state index contributed by atoms with van der Waals surface area (Å²) in [5, 5.41) is 8.90. The van der Waals surface area contributed by atoms with Crippen molar-refractivity contribution in [1.82, 2.24) is 0 Å². The number of hydrogen-bond donors (Lipinski definition) is 0. The molecule has 0 N–H and O–H groups in total. The lowest BCUT2D eigenvalue weighted by molar-refractivity contribution is 0.697. The average molecular weight is 158 g/mol. The molecule has 0 rings (SSSR count). The maximum atomic E-state index is 8.18. The molecule has 0 saturated heterocycles. The molecule has 0 bridgehead atoms. The van der Waals surface area contributed by atoms with Gasteiger partial charge in [-0.15, -0.1) is 0 Å². The van der Waals surface area contributed by atoms with Crippen molar-refractivity contribution in [2.45, 2.75) is 32.1 Å². The van der Waals surface area contributed by atoms with Gasteiger partial charge in [-0.1, -0.05) is 24.6 Å². The molecule has 0 aromatic carbocycles. The summed E-state index contributed by atoms with van der Waals surface area (Å²) in [7, 11) is 0. The summed E-state index contributed by atoms with van der Waals surface area (Å²) in [6, 6.07) is 2.10. The van der Waals surface area contributed by atoms with Gasteiger partial charge in [-0.05, 0) is 19.3 Å². The second kappa shape index (κ2) is 6.64. The van der Waals surface area contributed by atoms with Crippen LogP contribution in [0.3, 0.4) is 0 Å². The highest BCUT2D eigenvalue weighted by Gasteiger charge is 1.89. The Bertz CT molecular complexity index is 135. The van der Waals surface area contributed by atoms with Gasteiger partial charge in [0.15, 0.2) is 0 Å². The number of allylic oxidation sites excluding steroid dienone is 1. The Kier molecular flexibility index (Phi) is 6.32. The summed E-state index contributed by atoms with van der Waals surface area (Å²) in [5.41, 5.74) is 0. The van der Waals surface area contributed by atoms with Crippen LogP contribution in [0.25, 0.3) is 0 Å². The van der Waals surface area contributed by atoms with Gasteiger partial charge in [0.1, 0.15) is 0 Å². The van der Waals surface area contributed by atoms with Crippen molar-refractivity contribution in [3.63, 3.8) is 0 Å². The molecule has 10 heavy (non-hydrogen) atoms. The highest BCUT2D eigenvalue weighted by Crippen LogP contribution is 2.10. The number of hydrogen-bond acceptors (Lipinski definition) is 1. The van der Waals surface area contributed by atoms with Crippen molar-refractivity contribution in [1.29, 1.82) is 5.26 Å². The summed E-state index contributed by atoms with van der Waals surface area (Å²) in [4.78, 5) is 0. The van der Waals surface area contributed by atoms with Gasteiger partial charge in [-0.25, -0.2) is 0 Å². The van der Waals surface area contributed by atoms with E-state index >= 15 is 0 Å². The minimum absolute atomic E-state index is 0.661. The van der Waals surface area contributed by atoms with Crippen molar-refractivity contribution < 1.29 is 0 Å². The zero-order valence-corrected chi connectivity index (χ0v) is 6.82. The third-order valence-electron chi connectivity index (χ3n) is 1.24. The molecule has 0 aliphatic carbocycles. The van der Waals surface area contributed by atoms with Crippen molar-refractivity contribution in [3.05, 3.63) is 11.6 Å². The lowest BCUT2D eigenvalue weighted by Crippen LogP contribution is -1.76. The van der Waals surface area contributed by atoms with Gasteiger partial charge < -0.3 is 0 Å². The van der Waals surface area contributed by atoms with Gasteiger partial charge in [-0.3, -0.25) is 0 Å². The number of rotatable bonds is 5. The first kappa shape index (κ1) is 9.52. The molecule has 0 amide bonds. The molecule has 0 unspecified atom stereocenters. The molecular formula is C8H12ClN. The lowest BCUT2D eigenvalue weighted by atomic mass is 10.1. The maximum absolute atomic E-state index is 8.18. The third-order valence-corrected chi connectivity index (χ3v) is 1.43. The minimum Gasteiger partial charge on any atom is -0.198 e. The van der Waals surface area contributed by atoms with E-state index in [1.165, 1.54) is 0 Å². The fourth-order valence-corrected chi connectivity index (χ4v) is 0.831. The second-order valence-corrected chi connectivity index (χ2v) is 2.77. The molecule has 0 saturated carbocycles. The van der Waals surface area contributed by atoms with E-state index in [4.69, 9.17) is 16.9 Å². The van der Waals surface area contributed by atoms with E-state index in [1.54, 1.807) is 0 Å². The molecule has 0 spiro atoms. The summed E-state index contributed by atoms with van der Waals surface area (Å²) in [5.74, 6) is 0. The van der Waals surface area contributed by atoms with Crippen molar-refractivity contribution in [3.8, 4) is 6.07 Å². The molecule has 0 heterocycles. The summed E-state index contributed by atoms with van der Waals surface area (Å²) >= 11 is 5.53. The minimum atomic E-state index is 0.661. The number of nitriles is 1. The van der Waals surface area contributed by atoms with Crippen LogP contribution in [0.1, 0.15) is 32.1 Å². The summed E-state index contributed by atoms with van der Waals surface area (Å²) in [6.45, 7) is 3.57.